The summed E-state index contributed by atoms with van der Waals surface area (Å²) in [5, 5.41) is 0. The van der Waals surface area contributed by atoms with Crippen LogP contribution in [-0.4, -0.2) is 15.3 Å². The van der Waals surface area contributed by atoms with E-state index in [1.165, 1.54) is 4.57 Å². The van der Waals surface area contributed by atoms with E-state index in [9.17, 15) is 9.59 Å². The first-order chi connectivity index (χ1) is 8.13. The van der Waals surface area contributed by atoms with Gasteiger partial charge >= 0.3 is 5.76 Å². The van der Waals surface area contributed by atoms with E-state index >= 15 is 0 Å². The zero-order valence-electron chi connectivity index (χ0n) is 9.84. The van der Waals surface area contributed by atoms with Gasteiger partial charge in [0.1, 0.15) is 0 Å². The molecule has 0 aromatic carbocycles. The van der Waals surface area contributed by atoms with Crippen molar-refractivity contribution in [3.8, 4) is 0 Å². The summed E-state index contributed by atoms with van der Waals surface area (Å²) in [5.41, 5.74) is 0.837. The summed E-state index contributed by atoms with van der Waals surface area (Å²) in [4.78, 5) is 27.5. The Morgan fingerprint density at radius 2 is 2.35 bits per heavy atom. The van der Waals surface area contributed by atoms with Crippen molar-refractivity contribution in [3.63, 3.8) is 0 Å². The van der Waals surface area contributed by atoms with Crippen molar-refractivity contribution in [2.24, 2.45) is 5.92 Å². The molecule has 0 aliphatic heterocycles. The van der Waals surface area contributed by atoms with Crippen molar-refractivity contribution < 1.29 is 9.21 Å². The quantitative estimate of drug-likeness (QED) is 0.806. The number of pyridine rings is 1. The second kappa shape index (κ2) is 4.53. The number of Topliss-reactive ketones (excluding diaryl/α,β-unsaturated/α-hetero) is 1. The van der Waals surface area contributed by atoms with Crippen LogP contribution < -0.4 is 5.76 Å². The smallest absolute Gasteiger partial charge is 0.406 e. The van der Waals surface area contributed by atoms with Gasteiger partial charge in [-0.15, -0.1) is 0 Å². The molecule has 0 saturated heterocycles. The number of aromatic nitrogens is 2. The summed E-state index contributed by atoms with van der Waals surface area (Å²) in [7, 11) is 0. The van der Waals surface area contributed by atoms with E-state index in [0.29, 0.717) is 11.2 Å². The van der Waals surface area contributed by atoms with E-state index in [1.807, 2.05) is 13.8 Å². The van der Waals surface area contributed by atoms with Crippen molar-refractivity contribution in [1.82, 2.24) is 9.55 Å². The lowest BCUT2D eigenvalue weighted by Crippen LogP contribution is -2.24. The van der Waals surface area contributed by atoms with Gasteiger partial charge in [-0.3, -0.25) is 9.36 Å². The first kappa shape index (κ1) is 11.6. The minimum atomic E-state index is -0.532. The van der Waals surface area contributed by atoms with Crippen molar-refractivity contribution in [2.75, 3.05) is 0 Å². The molecule has 17 heavy (non-hydrogen) atoms. The van der Waals surface area contributed by atoms with Crippen molar-refractivity contribution in [2.45, 2.75) is 26.8 Å². The maximum absolute atomic E-state index is 11.8. The highest BCUT2D eigenvalue weighted by Crippen LogP contribution is 2.10. The highest BCUT2D eigenvalue weighted by atomic mass is 16.4. The lowest BCUT2D eigenvalue weighted by Gasteiger charge is -2.06. The predicted octanol–water partition coefficient (Wildman–Crippen LogP) is 1.60. The molecule has 5 nitrogen and oxygen atoms in total. The van der Waals surface area contributed by atoms with E-state index in [4.69, 9.17) is 4.42 Å². The molecule has 2 heterocycles. The number of nitrogens with zero attached hydrogens (tertiary/aromatic N) is 2. The van der Waals surface area contributed by atoms with Crippen LogP contribution >= 0.6 is 0 Å². The van der Waals surface area contributed by atoms with Crippen LogP contribution in [-0.2, 0) is 11.3 Å². The minimum Gasteiger partial charge on any atom is -0.406 e. The number of carbonyl (C=O) groups excluding carboxylic acids is 1. The maximum Gasteiger partial charge on any atom is 0.421 e. The van der Waals surface area contributed by atoms with Crippen molar-refractivity contribution in [1.29, 1.82) is 0 Å². The standard InChI is InChI=1S/C12H14N2O3/c1-3-8(2)9(15)7-14-11-10(17-12(14)16)5-4-6-13-11/h4-6,8H,3,7H2,1-2H3. The first-order valence-corrected chi connectivity index (χ1v) is 5.60. The molecule has 2 aromatic heterocycles. The Morgan fingerprint density at radius 3 is 3.06 bits per heavy atom. The lowest BCUT2D eigenvalue weighted by molar-refractivity contribution is -0.123. The molecule has 2 aromatic rings. The molecular weight excluding hydrogens is 220 g/mol. The summed E-state index contributed by atoms with van der Waals surface area (Å²) >= 11 is 0. The molecule has 0 N–H and O–H groups in total. The van der Waals surface area contributed by atoms with Gasteiger partial charge in [0.15, 0.2) is 17.0 Å². The SMILES string of the molecule is CCC(C)C(=O)Cn1c(=O)oc2cccnc21. The normalized spacial score (nSPS) is 12.8. The predicted molar refractivity (Wildman–Crippen MR) is 62.7 cm³/mol. The molecule has 0 bridgehead atoms. The van der Waals surface area contributed by atoms with Crippen LogP contribution in [0.2, 0.25) is 0 Å². The second-order valence-corrected chi connectivity index (χ2v) is 4.05. The number of oxazole rings is 1. The van der Waals surface area contributed by atoms with E-state index in [0.717, 1.165) is 6.42 Å². The molecule has 0 radical (unpaired) electrons. The first-order valence-electron chi connectivity index (χ1n) is 5.60. The third kappa shape index (κ3) is 2.13. The minimum absolute atomic E-state index is 0.0166. The molecule has 0 saturated carbocycles. The highest BCUT2D eigenvalue weighted by Gasteiger charge is 2.16. The number of hydrogen-bond donors (Lipinski definition) is 0. The Balaban J connectivity index is 2.39. The summed E-state index contributed by atoms with van der Waals surface area (Å²) in [6.07, 6.45) is 2.33. The van der Waals surface area contributed by atoms with Gasteiger partial charge in [0.2, 0.25) is 0 Å². The molecule has 0 amide bonds. The van der Waals surface area contributed by atoms with Gasteiger partial charge in [0, 0.05) is 12.1 Å². The summed E-state index contributed by atoms with van der Waals surface area (Å²) in [6.45, 7) is 3.82. The van der Waals surface area contributed by atoms with E-state index < -0.39 is 5.76 Å². The molecule has 0 aliphatic carbocycles. The van der Waals surface area contributed by atoms with Crippen LogP contribution in [0.1, 0.15) is 20.3 Å². The fourth-order valence-corrected chi connectivity index (χ4v) is 1.58. The van der Waals surface area contributed by atoms with Crippen LogP contribution in [0.4, 0.5) is 0 Å². The Morgan fingerprint density at radius 1 is 1.59 bits per heavy atom. The number of ketones is 1. The largest absolute Gasteiger partial charge is 0.421 e. The third-order valence-electron chi connectivity index (χ3n) is 2.90. The van der Waals surface area contributed by atoms with E-state index in [1.54, 1.807) is 18.3 Å². The van der Waals surface area contributed by atoms with Gasteiger partial charge in [-0.1, -0.05) is 13.8 Å². The molecule has 0 aliphatic rings. The molecule has 0 spiro atoms. The maximum atomic E-state index is 11.8. The Kier molecular flexibility index (Phi) is 3.08. The molecule has 0 fully saturated rings. The van der Waals surface area contributed by atoms with Gasteiger partial charge < -0.3 is 4.42 Å². The number of hydrogen-bond acceptors (Lipinski definition) is 4. The molecule has 1 unspecified atom stereocenters. The molecule has 90 valence electrons. The summed E-state index contributed by atoms with van der Waals surface area (Å²) in [6, 6.07) is 3.35. The van der Waals surface area contributed by atoms with Gasteiger partial charge in [-0.25, -0.2) is 9.78 Å². The fraction of sp³-hybridized carbons (Fsp3) is 0.417. The monoisotopic (exact) mass is 234 g/mol. The van der Waals surface area contributed by atoms with Crippen molar-refractivity contribution >= 4 is 17.0 Å². The van der Waals surface area contributed by atoms with Crippen LogP contribution in [0.3, 0.4) is 0 Å². The number of carbonyl (C=O) groups is 1. The summed E-state index contributed by atoms with van der Waals surface area (Å²) in [5.74, 6) is -0.575. The van der Waals surface area contributed by atoms with E-state index in [-0.39, 0.29) is 18.2 Å². The molecule has 2 rings (SSSR count). The van der Waals surface area contributed by atoms with Gasteiger partial charge in [-0.05, 0) is 18.6 Å². The van der Waals surface area contributed by atoms with Crippen LogP contribution in [0.25, 0.3) is 11.2 Å². The lowest BCUT2D eigenvalue weighted by atomic mass is 10.0. The Labute approximate surface area is 98.1 Å². The van der Waals surface area contributed by atoms with E-state index in [2.05, 4.69) is 4.98 Å². The molecule has 1 atom stereocenters. The second-order valence-electron chi connectivity index (χ2n) is 4.05. The van der Waals surface area contributed by atoms with Crippen LogP contribution in [0.15, 0.2) is 27.5 Å². The van der Waals surface area contributed by atoms with Crippen LogP contribution in [0.5, 0.6) is 0 Å². The zero-order chi connectivity index (χ0) is 12.4. The number of rotatable bonds is 4. The van der Waals surface area contributed by atoms with Crippen molar-refractivity contribution in [3.05, 3.63) is 28.9 Å². The van der Waals surface area contributed by atoms with Gasteiger partial charge in [0.25, 0.3) is 0 Å². The van der Waals surface area contributed by atoms with Crippen LogP contribution in [0, 0.1) is 5.92 Å². The third-order valence-corrected chi connectivity index (χ3v) is 2.90. The number of fused-ring (bicyclic) bond motifs is 1. The van der Waals surface area contributed by atoms with Gasteiger partial charge in [-0.2, -0.15) is 0 Å². The Hall–Kier alpha value is -1.91. The highest BCUT2D eigenvalue weighted by molar-refractivity contribution is 5.81. The summed E-state index contributed by atoms with van der Waals surface area (Å²) < 4.78 is 6.29. The Bertz CT molecular complexity index is 597. The molecule has 5 heteroatoms. The average Bonchev–Trinajstić information content (AvgIpc) is 2.65. The molecular formula is C12H14N2O3. The fourth-order valence-electron chi connectivity index (χ4n) is 1.58. The zero-order valence-corrected chi connectivity index (χ0v) is 9.84. The topological polar surface area (TPSA) is 65.1 Å². The average molecular weight is 234 g/mol. The van der Waals surface area contributed by atoms with Gasteiger partial charge in [0.05, 0.1) is 6.54 Å².